The van der Waals surface area contributed by atoms with E-state index in [2.05, 4.69) is 23.0 Å². The van der Waals surface area contributed by atoms with Crippen molar-refractivity contribution in [2.75, 3.05) is 0 Å². The van der Waals surface area contributed by atoms with Crippen LogP contribution in [0.1, 0.15) is 17.2 Å². The number of imidazole rings is 1. The van der Waals surface area contributed by atoms with Crippen LogP contribution < -0.4 is 4.57 Å². The topological polar surface area (TPSA) is 8.81 Å². The summed E-state index contributed by atoms with van der Waals surface area (Å²) in [5.41, 5.74) is 2.56. The number of hydrogen-bond donors (Lipinski definition) is 0. The van der Waals surface area contributed by atoms with Crippen molar-refractivity contribution in [1.82, 2.24) is 4.57 Å². The maximum atomic E-state index is 5.78. The molecule has 0 aliphatic carbocycles. The lowest BCUT2D eigenvalue weighted by Crippen LogP contribution is -2.34. The number of hydrogen-bond acceptors (Lipinski definition) is 0. The summed E-state index contributed by atoms with van der Waals surface area (Å²) in [5, 5.41) is 0. The summed E-state index contributed by atoms with van der Waals surface area (Å²) in [4.78, 5) is 0. The molecule has 11 heavy (non-hydrogen) atoms. The molecular formula is C8H14ClN2+. The van der Waals surface area contributed by atoms with E-state index in [0.29, 0.717) is 5.88 Å². The van der Waals surface area contributed by atoms with Gasteiger partial charge in [0.25, 0.3) is 5.82 Å². The highest BCUT2D eigenvalue weighted by Gasteiger charge is 2.18. The molecular weight excluding hydrogens is 160 g/mol. The fourth-order valence-corrected chi connectivity index (χ4v) is 1.64. The van der Waals surface area contributed by atoms with Crippen molar-refractivity contribution >= 4 is 11.6 Å². The summed E-state index contributed by atoms with van der Waals surface area (Å²) >= 11 is 5.78. The second kappa shape index (κ2) is 2.86. The molecule has 0 aliphatic rings. The van der Waals surface area contributed by atoms with Crippen molar-refractivity contribution in [2.24, 2.45) is 14.1 Å². The summed E-state index contributed by atoms with van der Waals surface area (Å²) in [6.45, 7) is 4.21. The quantitative estimate of drug-likeness (QED) is 0.446. The highest BCUT2D eigenvalue weighted by atomic mass is 35.5. The molecule has 0 atom stereocenters. The Hall–Kier alpha value is -0.500. The van der Waals surface area contributed by atoms with E-state index in [9.17, 15) is 0 Å². The minimum atomic E-state index is 0.571. The van der Waals surface area contributed by atoms with Gasteiger partial charge in [-0.1, -0.05) is 0 Å². The van der Waals surface area contributed by atoms with Crippen LogP contribution >= 0.6 is 11.6 Å². The third kappa shape index (κ3) is 1.16. The molecule has 1 rings (SSSR count). The summed E-state index contributed by atoms with van der Waals surface area (Å²) in [5.74, 6) is 1.73. The van der Waals surface area contributed by atoms with Gasteiger partial charge in [-0.05, 0) is 0 Å². The Bertz CT molecular complexity index is 251. The first kappa shape index (κ1) is 8.60. The molecule has 1 aromatic rings. The normalized spacial score (nSPS) is 10.6. The van der Waals surface area contributed by atoms with E-state index in [1.807, 2.05) is 14.1 Å². The van der Waals surface area contributed by atoms with Crippen LogP contribution in [-0.2, 0) is 20.0 Å². The molecule has 0 aromatic carbocycles. The SMILES string of the molecule is Cc1c(C)[n+](C)c(CCl)n1C. The third-order valence-electron chi connectivity index (χ3n) is 2.42. The zero-order chi connectivity index (χ0) is 8.59. The summed E-state index contributed by atoms with van der Waals surface area (Å²) in [6.07, 6.45) is 0. The lowest BCUT2D eigenvalue weighted by atomic mass is 10.4. The van der Waals surface area contributed by atoms with Crippen molar-refractivity contribution in [3.63, 3.8) is 0 Å². The molecule has 3 heteroatoms. The van der Waals surface area contributed by atoms with Gasteiger partial charge in [-0.15, -0.1) is 11.6 Å². The van der Waals surface area contributed by atoms with E-state index >= 15 is 0 Å². The lowest BCUT2D eigenvalue weighted by molar-refractivity contribution is -0.683. The molecule has 0 aliphatic heterocycles. The van der Waals surface area contributed by atoms with Gasteiger partial charge in [0.1, 0.15) is 17.3 Å². The Morgan fingerprint density at radius 3 is 2.18 bits per heavy atom. The molecule has 0 unspecified atom stereocenters. The van der Waals surface area contributed by atoms with E-state index in [1.54, 1.807) is 0 Å². The van der Waals surface area contributed by atoms with Crippen LogP contribution in [-0.4, -0.2) is 4.57 Å². The van der Waals surface area contributed by atoms with Gasteiger partial charge < -0.3 is 0 Å². The highest BCUT2D eigenvalue weighted by molar-refractivity contribution is 6.16. The van der Waals surface area contributed by atoms with Crippen LogP contribution in [0, 0.1) is 13.8 Å². The maximum absolute atomic E-state index is 5.78. The molecule has 0 saturated carbocycles. The number of nitrogens with zero attached hydrogens (tertiary/aromatic N) is 2. The van der Waals surface area contributed by atoms with Crippen molar-refractivity contribution < 1.29 is 4.57 Å². The molecule has 0 radical (unpaired) electrons. The fourth-order valence-electron chi connectivity index (χ4n) is 1.28. The van der Waals surface area contributed by atoms with Crippen LogP contribution in [0.15, 0.2) is 0 Å². The van der Waals surface area contributed by atoms with Gasteiger partial charge in [-0.3, -0.25) is 0 Å². The Morgan fingerprint density at radius 1 is 1.45 bits per heavy atom. The Morgan fingerprint density at radius 2 is 2.00 bits per heavy atom. The van der Waals surface area contributed by atoms with E-state index in [1.165, 1.54) is 11.4 Å². The monoisotopic (exact) mass is 173 g/mol. The number of aromatic nitrogens is 2. The van der Waals surface area contributed by atoms with Crippen LogP contribution in [0.5, 0.6) is 0 Å². The third-order valence-corrected chi connectivity index (χ3v) is 2.66. The first-order chi connectivity index (χ1) is 5.09. The first-order valence-corrected chi connectivity index (χ1v) is 4.19. The van der Waals surface area contributed by atoms with Crippen LogP contribution in [0.3, 0.4) is 0 Å². The molecule has 1 heterocycles. The van der Waals surface area contributed by atoms with Crippen LogP contribution in [0.2, 0.25) is 0 Å². The fraction of sp³-hybridized carbons (Fsp3) is 0.625. The van der Waals surface area contributed by atoms with Crippen molar-refractivity contribution in [2.45, 2.75) is 19.7 Å². The standard InChI is InChI=1S/C8H14ClN2/c1-6-7(2)11(4)8(5-9)10(6)3/h5H2,1-4H3/q+1. The highest BCUT2D eigenvalue weighted by Crippen LogP contribution is 2.06. The van der Waals surface area contributed by atoms with Gasteiger partial charge in [-0.2, -0.15) is 0 Å². The zero-order valence-corrected chi connectivity index (χ0v) is 8.24. The maximum Gasteiger partial charge on any atom is 0.271 e. The predicted molar refractivity (Wildman–Crippen MR) is 45.6 cm³/mol. The largest absolute Gasteiger partial charge is 0.271 e. The van der Waals surface area contributed by atoms with Crippen molar-refractivity contribution in [3.05, 3.63) is 17.2 Å². The number of rotatable bonds is 1. The van der Waals surface area contributed by atoms with E-state index in [4.69, 9.17) is 11.6 Å². The first-order valence-electron chi connectivity index (χ1n) is 3.66. The molecule has 0 amide bonds. The molecule has 0 saturated heterocycles. The Kier molecular flexibility index (Phi) is 2.23. The minimum Gasteiger partial charge on any atom is -0.233 e. The Balaban J connectivity index is 3.36. The van der Waals surface area contributed by atoms with Gasteiger partial charge in [0.15, 0.2) is 0 Å². The number of halogens is 1. The second-order valence-electron chi connectivity index (χ2n) is 2.84. The molecule has 0 N–H and O–H groups in total. The molecule has 2 nitrogen and oxygen atoms in total. The van der Waals surface area contributed by atoms with Gasteiger partial charge in [0, 0.05) is 13.8 Å². The molecule has 0 bridgehead atoms. The van der Waals surface area contributed by atoms with Crippen molar-refractivity contribution in [3.8, 4) is 0 Å². The molecule has 0 spiro atoms. The van der Waals surface area contributed by atoms with Gasteiger partial charge >= 0.3 is 0 Å². The zero-order valence-electron chi connectivity index (χ0n) is 7.48. The average molecular weight is 174 g/mol. The van der Waals surface area contributed by atoms with Crippen LogP contribution in [0.4, 0.5) is 0 Å². The van der Waals surface area contributed by atoms with Gasteiger partial charge in [0.05, 0.1) is 14.1 Å². The summed E-state index contributed by atoms with van der Waals surface area (Å²) in [6, 6.07) is 0. The minimum absolute atomic E-state index is 0.571. The molecule has 0 fully saturated rings. The molecule has 1 aromatic heterocycles. The van der Waals surface area contributed by atoms with E-state index in [-0.39, 0.29) is 0 Å². The van der Waals surface area contributed by atoms with Gasteiger partial charge in [0.2, 0.25) is 0 Å². The smallest absolute Gasteiger partial charge is 0.233 e. The Labute approximate surface area is 72.4 Å². The number of alkyl halides is 1. The van der Waals surface area contributed by atoms with Crippen molar-refractivity contribution in [1.29, 1.82) is 0 Å². The lowest BCUT2D eigenvalue weighted by Gasteiger charge is -1.91. The average Bonchev–Trinajstić information content (AvgIpc) is 2.17. The van der Waals surface area contributed by atoms with Gasteiger partial charge in [-0.25, -0.2) is 9.13 Å². The summed E-state index contributed by atoms with van der Waals surface area (Å²) in [7, 11) is 4.08. The predicted octanol–water partition coefficient (Wildman–Crippen LogP) is 1.21. The van der Waals surface area contributed by atoms with E-state index in [0.717, 1.165) is 5.82 Å². The molecule has 62 valence electrons. The summed E-state index contributed by atoms with van der Waals surface area (Å²) < 4.78 is 4.25. The van der Waals surface area contributed by atoms with E-state index < -0.39 is 0 Å². The second-order valence-corrected chi connectivity index (χ2v) is 3.11. The van der Waals surface area contributed by atoms with Crippen LogP contribution in [0.25, 0.3) is 0 Å².